The summed E-state index contributed by atoms with van der Waals surface area (Å²) in [7, 11) is 1.59. The van der Waals surface area contributed by atoms with Crippen LogP contribution in [0.2, 0.25) is 0 Å². The molecule has 7 rings (SSSR count). The average molecular weight is 801 g/mol. The maximum atomic E-state index is 14.9. The molecule has 0 bridgehead atoms. The number of hydrogen-bond donors (Lipinski definition) is 2. The van der Waals surface area contributed by atoms with Crippen molar-refractivity contribution >= 4 is 29.2 Å². The van der Waals surface area contributed by atoms with Gasteiger partial charge >= 0.3 is 0 Å². The second kappa shape index (κ2) is 19.5. The summed E-state index contributed by atoms with van der Waals surface area (Å²) in [5.41, 5.74) is 7.45. The predicted molar refractivity (Wildman–Crippen MR) is 221 cm³/mol. The van der Waals surface area contributed by atoms with Crippen molar-refractivity contribution in [1.82, 2.24) is 15.7 Å². The lowest BCUT2D eigenvalue weighted by atomic mass is 10.00. The number of nitriles is 1. The third kappa shape index (κ3) is 10.4. The van der Waals surface area contributed by atoms with Crippen molar-refractivity contribution in [2.75, 3.05) is 26.8 Å². The second-order valence-electron chi connectivity index (χ2n) is 14.2. The number of piperidine rings is 1. The number of methoxy groups -OCH3 is 1. The fourth-order valence-electron chi connectivity index (χ4n) is 6.95. The Labute approximate surface area is 341 Å². The van der Waals surface area contributed by atoms with E-state index in [4.69, 9.17) is 19.0 Å². The van der Waals surface area contributed by atoms with Crippen molar-refractivity contribution in [2.45, 2.75) is 57.6 Å². The summed E-state index contributed by atoms with van der Waals surface area (Å²) in [5.74, 6) is 0.0656. The van der Waals surface area contributed by atoms with Gasteiger partial charge in [0.2, 0.25) is 0 Å². The van der Waals surface area contributed by atoms with E-state index in [2.05, 4.69) is 10.8 Å². The van der Waals surface area contributed by atoms with E-state index in [1.165, 1.54) is 29.5 Å². The van der Waals surface area contributed by atoms with Crippen molar-refractivity contribution in [3.63, 3.8) is 0 Å². The normalized spacial score (nSPS) is 15.9. The minimum atomic E-state index is -0.620. The smallest absolute Gasteiger partial charge is 0.267 e. The van der Waals surface area contributed by atoms with Crippen LogP contribution in [0.3, 0.4) is 0 Å². The molecule has 10 nitrogen and oxygen atoms in total. The van der Waals surface area contributed by atoms with Crippen LogP contribution in [0.5, 0.6) is 11.5 Å². The topological polar surface area (TPSA) is 122 Å². The number of likely N-dealkylation sites (tertiary alicyclic amines) is 1. The van der Waals surface area contributed by atoms with E-state index in [-0.39, 0.29) is 23.4 Å². The zero-order chi connectivity index (χ0) is 40.3. The highest BCUT2D eigenvalue weighted by molar-refractivity contribution is 7.18. The van der Waals surface area contributed by atoms with Crippen LogP contribution in [0, 0.1) is 17.1 Å². The van der Waals surface area contributed by atoms with E-state index in [0.717, 1.165) is 59.2 Å². The molecule has 2 aliphatic heterocycles. The quantitative estimate of drug-likeness (QED) is 0.0846. The van der Waals surface area contributed by atoms with Crippen molar-refractivity contribution in [1.29, 1.82) is 5.26 Å². The Bertz CT molecular complexity index is 2260. The summed E-state index contributed by atoms with van der Waals surface area (Å²) in [4.78, 5) is 34.7. The molecule has 2 fully saturated rings. The summed E-state index contributed by atoms with van der Waals surface area (Å²) in [6.45, 7) is 2.84. The van der Waals surface area contributed by atoms with Gasteiger partial charge in [-0.15, -0.1) is 11.3 Å². The molecule has 3 heterocycles. The molecular formula is C46H45FN4O6S. The van der Waals surface area contributed by atoms with E-state index in [1.807, 2.05) is 89.8 Å². The number of amides is 2. The van der Waals surface area contributed by atoms with Gasteiger partial charge in [-0.3, -0.25) is 9.59 Å². The molecule has 2 aliphatic rings. The monoisotopic (exact) mass is 800 g/mol. The fraction of sp³-hybridized carbons (Fsp3) is 0.283. The lowest BCUT2D eigenvalue weighted by Gasteiger charge is -2.32. The zero-order valence-corrected chi connectivity index (χ0v) is 33.1. The van der Waals surface area contributed by atoms with E-state index < -0.39 is 12.1 Å². The Hall–Kier alpha value is -5.84. The summed E-state index contributed by atoms with van der Waals surface area (Å²) < 4.78 is 32.2. The first-order chi connectivity index (χ1) is 28.4. The van der Waals surface area contributed by atoms with Crippen LogP contribution in [-0.4, -0.2) is 55.9 Å². The number of ether oxygens (including phenoxy) is 3. The van der Waals surface area contributed by atoms with Crippen LogP contribution in [0.1, 0.15) is 64.0 Å². The van der Waals surface area contributed by atoms with E-state index >= 15 is 0 Å². The summed E-state index contributed by atoms with van der Waals surface area (Å²) in [6.07, 6.45) is 7.16. The average Bonchev–Trinajstić information content (AvgIpc) is 3.73. The first-order valence-electron chi connectivity index (χ1n) is 19.4. The Kier molecular flexibility index (Phi) is 13.6. The van der Waals surface area contributed by atoms with Crippen molar-refractivity contribution in [2.24, 2.45) is 0 Å². The molecule has 1 aromatic heterocycles. The SMILES string of the molecule is COc1ccc(-c2sc(C(=O)N3CCC(NCc4ccc(/C=C/C(=O)NOC5CCCCO5)cc4)CC3)cc2-c2ccc(C#N)c(F)c2)cc1OCc1ccccc1. The molecule has 58 heavy (non-hydrogen) atoms. The standard InChI is InChI=1S/C46H45FN4O6S/c1-54-40-18-17-35(26-41(40)56-30-33-7-3-2-4-8-33)45-38(34-15-16-36(28-48)39(47)25-34)27-42(58-45)46(53)51-22-20-37(21-23-51)49-29-32-12-10-31(11-13-32)14-19-43(52)50-57-44-9-5-6-24-55-44/h2-4,7-8,10-19,25-27,37,44,49H,5-6,9,20-24,29-30H2,1H3,(H,50,52)/b19-14+. The number of nitrogens with zero attached hydrogens (tertiary/aromatic N) is 2. The van der Waals surface area contributed by atoms with Gasteiger partial charge in [0.1, 0.15) is 18.5 Å². The van der Waals surface area contributed by atoms with Crippen LogP contribution in [0.25, 0.3) is 27.6 Å². The van der Waals surface area contributed by atoms with Gasteiger partial charge in [-0.2, -0.15) is 5.26 Å². The van der Waals surface area contributed by atoms with Gasteiger partial charge in [-0.05, 0) is 96.0 Å². The summed E-state index contributed by atoms with van der Waals surface area (Å²) in [5, 5.41) is 13.0. The Morgan fingerprint density at radius 2 is 1.72 bits per heavy atom. The molecule has 0 spiro atoms. The van der Waals surface area contributed by atoms with Gasteiger partial charge in [0.05, 0.1) is 17.6 Å². The zero-order valence-electron chi connectivity index (χ0n) is 32.2. The molecule has 0 aliphatic carbocycles. The number of carbonyl (C=O) groups is 2. The van der Waals surface area contributed by atoms with Crippen LogP contribution in [0.4, 0.5) is 4.39 Å². The van der Waals surface area contributed by atoms with Gasteiger partial charge in [-0.1, -0.05) is 60.7 Å². The van der Waals surface area contributed by atoms with Crippen LogP contribution in [0.15, 0.2) is 103 Å². The lowest BCUT2D eigenvalue weighted by Crippen LogP contribution is -2.44. The molecular weight excluding hydrogens is 756 g/mol. The number of halogens is 1. The van der Waals surface area contributed by atoms with Crippen molar-refractivity contribution in [3.8, 4) is 39.1 Å². The number of nitrogens with one attached hydrogen (secondary N) is 2. The van der Waals surface area contributed by atoms with Gasteiger partial charge in [0.15, 0.2) is 17.8 Å². The maximum Gasteiger partial charge on any atom is 0.267 e. The minimum absolute atomic E-state index is 0.0446. The second-order valence-corrected chi connectivity index (χ2v) is 15.3. The highest BCUT2D eigenvalue weighted by atomic mass is 32.1. The predicted octanol–water partition coefficient (Wildman–Crippen LogP) is 8.66. The van der Waals surface area contributed by atoms with E-state index in [1.54, 1.807) is 19.3 Å². The molecule has 298 valence electrons. The molecule has 5 aromatic rings. The Balaban J connectivity index is 0.982. The van der Waals surface area contributed by atoms with Crippen molar-refractivity contribution in [3.05, 3.63) is 136 Å². The Morgan fingerprint density at radius 3 is 2.45 bits per heavy atom. The molecule has 0 radical (unpaired) electrons. The van der Waals surface area contributed by atoms with Crippen LogP contribution >= 0.6 is 11.3 Å². The number of carbonyl (C=O) groups excluding carboxylic acids is 2. The molecule has 4 aromatic carbocycles. The Morgan fingerprint density at radius 1 is 0.931 bits per heavy atom. The van der Waals surface area contributed by atoms with E-state index in [0.29, 0.717) is 60.4 Å². The third-order valence-electron chi connectivity index (χ3n) is 10.2. The number of benzene rings is 4. The third-order valence-corrected chi connectivity index (χ3v) is 11.4. The first-order valence-corrected chi connectivity index (χ1v) is 20.2. The molecule has 0 saturated carbocycles. The van der Waals surface area contributed by atoms with Crippen molar-refractivity contribution < 1.29 is 33.0 Å². The van der Waals surface area contributed by atoms with Gasteiger partial charge in [0.25, 0.3) is 11.8 Å². The van der Waals surface area contributed by atoms with E-state index in [9.17, 15) is 19.2 Å². The summed E-state index contributed by atoms with van der Waals surface area (Å²) in [6, 6.07) is 31.9. The minimum Gasteiger partial charge on any atom is -0.493 e. The molecule has 1 atom stereocenters. The lowest BCUT2D eigenvalue weighted by molar-refractivity contribution is -0.198. The highest BCUT2D eigenvalue weighted by Crippen LogP contribution is 2.43. The molecule has 2 amide bonds. The van der Waals surface area contributed by atoms with Gasteiger partial charge in [0, 0.05) is 55.2 Å². The number of thiophene rings is 1. The molecule has 1 unspecified atom stereocenters. The van der Waals surface area contributed by atoms with Gasteiger partial charge in [-0.25, -0.2) is 14.7 Å². The molecule has 2 saturated heterocycles. The maximum absolute atomic E-state index is 14.9. The van der Waals surface area contributed by atoms with Crippen LogP contribution < -0.4 is 20.3 Å². The number of hydrogen-bond acceptors (Lipinski definition) is 9. The largest absolute Gasteiger partial charge is 0.493 e. The molecule has 12 heteroatoms. The highest BCUT2D eigenvalue weighted by Gasteiger charge is 2.27. The number of rotatable bonds is 14. The first kappa shape index (κ1) is 40.4. The molecule has 2 N–H and O–H groups in total. The van der Waals surface area contributed by atoms with Crippen LogP contribution in [-0.2, 0) is 27.5 Å². The van der Waals surface area contributed by atoms with Gasteiger partial charge < -0.3 is 24.4 Å². The number of hydroxylamine groups is 1. The fourth-order valence-corrected chi connectivity index (χ4v) is 8.09. The summed E-state index contributed by atoms with van der Waals surface area (Å²) >= 11 is 1.36.